The van der Waals surface area contributed by atoms with Crippen LogP contribution in [-0.4, -0.2) is 41.4 Å². The van der Waals surface area contributed by atoms with E-state index in [1.807, 2.05) is 11.4 Å². The minimum atomic E-state index is -0.541. The molecule has 0 bridgehead atoms. The summed E-state index contributed by atoms with van der Waals surface area (Å²) < 4.78 is 0. The lowest BCUT2D eigenvalue weighted by molar-refractivity contribution is -0.120. The fourth-order valence-corrected chi connectivity index (χ4v) is 4.18. The number of carbonyl (C=O) groups excluding carboxylic acids is 3. The minimum Gasteiger partial charge on any atom is -0.348 e. The van der Waals surface area contributed by atoms with E-state index in [2.05, 4.69) is 5.32 Å². The number of amides is 4. The first-order chi connectivity index (χ1) is 12.5. The third kappa shape index (κ3) is 2.97. The number of nitrogens with one attached hydrogen (secondary N) is 1. The molecule has 2 aliphatic rings. The van der Waals surface area contributed by atoms with Gasteiger partial charge in [0.25, 0.3) is 11.8 Å². The Morgan fingerprint density at radius 2 is 1.96 bits per heavy atom. The second-order valence-corrected chi connectivity index (χ2v) is 7.70. The zero-order valence-corrected chi connectivity index (χ0v) is 15.3. The van der Waals surface area contributed by atoms with Crippen LogP contribution in [0.4, 0.5) is 10.5 Å². The summed E-state index contributed by atoms with van der Waals surface area (Å²) in [6.45, 7) is 0.439. The topological polar surface area (TPSA) is 69.7 Å². The standard InChI is InChI=1S/C18H16ClN3O3S/c19-11-3-5-13(6-4-11)22-17(24)14-10-12(7-8-21(14)18(22)25)20-16(23)15-2-1-9-26-15/h1-6,9,12,14H,7-8,10H2,(H,20,23)/t12-,14-/m0/s1. The summed E-state index contributed by atoms with van der Waals surface area (Å²) in [6.07, 6.45) is 1.05. The molecule has 1 N–H and O–H groups in total. The molecule has 2 aromatic rings. The van der Waals surface area contributed by atoms with Gasteiger partial charge in [-0.3, -0.25) is 9.59 Å². The number of halogens is 1. The molecule has 0 spiro atoms. The number of hydrogen-bond acceptors (Lipinski definition) is 4. The number of nitrogens with zero attached hydrogens (tertiary/aromatic N) is 2. The van der Waals surface area contributed by atoms with Gasteiger partial charge >= 0.3 is 6.03 Å². The van der Waals surface area contributed by atoms with E-state index in [9.17, 15) is 14.4 Å². The van der Waals surface area contributed by atoms with Gasteiger partial charge in [-0.25, -0.2) is 9.69 Å². The number of thiophene rings is 1. The Labute approximate surface area is 159 Å². The van der Waals surface area contributed by atoms with Crippen molar-refractivity contribution in [2.24, 2.45) is 0 Å². The van der Waals surface area contributed by atoms with E-state index >= 15 is 0 Å². The third-order valence-corrected chi connectivity index (χ3v) is 5.83. The maximum absolute atomic E-state index is 12.8. The van der Waals surface area contributed by atoms with E-state index < -0.39 is 6.04 Å². The van der Waals surface area contributed by atoms with Gasteiger partial charge in [0.05, 0.1) is 10.6 Å². The highest BCUT2D eigenvalue weighted by Crippen LogP contribution is 2.31. The normalized spacial score (nSPS) is 22.5. The molecule has 134 valence electrons. The Balaban J connectivity index is 1.49. The van der Waals surface area contributed by atoms with Gasteiger partial charge in [-0.05, 0) is 48.6 Å². The van der Waals surface area contributed by atoms with E-state index in [1.54, 1.807) is 35.2 Å². The quantitative estimate of drug-likeness (QED) is 0.820. The highest BCUT2D eigenvalue weighted by atomic mass is 35.5. The van der Waals surface area contributed by atoms with Gasteiger partial charge in [0.1, 0.15) is 6.04 Å². The van der Waals surface area contributed by atoms with E-state index in [-0.39, 0.29) is 23.9 Å². The number of piperidine rings is 1. The van der Waals surface area contributed by atoms with Gasteiger partial charge in [0.15, 0.2) is 0 Å². The number of fused-ring (bicyclic) bond motifs is 1. The zero-order valence-electron chi connectivity index (χ0n) is 13.7. The summed E-state index contributed by atoms with van der Waals surface area (Å²) in [4.78, 5) is 41.1. The van der Waals surface area contributed by atoms with Gasteiger partial charge < -0.3 is 10.2 Å². The van der Waals surface area contributed by atoms with Crippen molar-refractivity contribution >= 4 is 46.5 Å². The molecule has 2 fully saturated rings. The molecule has 1 aromatic heterocycles. The smallest absolute Gasteiger partial charge is 0.332 e. The predicted octanol–water partition coefficient (Wildman–Crippen LogP) is 3.13. The molecule has 26 heavy (non-hydrogen) atoms. The van der Waals surface area contributed by atoms with E-state index in [0.29, 0.717) is 35.0 Å². The van der Waals surface area contributed by atoms with Crippen LogP contribution in [0.1, 0.15) is 22.5 Å². The van der Waals surface area contributed by atoms with Crippen LogP contribution >= 0.6 is 22.9 Å². The van der Waals surface area contributed by atoms with Crippen LogP contribution in [0.25, 0.3) is 0 Å². The van der Waals surface area contributed by atoms with Crippen LogP contribution in [0.3, 0.4) is 0 Å². The van der Waals surface area contributed by atoms with E-state index in [1.165, 1.54) is 16.2 Å². The number of benzene rings is 1. The summed E-state index contributed by atoms with van der Waals surface area (Å²) in [5.74, 6) is -0.392. The Hall–Kier alpha value is -2.38. The Morgan fingerprint density at radius 3 is 2.65 bits per heavy atom. The minimum absolute atomic E-state index is 0.132. The van der Waals surface area contributed by atoms with E-state index in [4.69, 9.17) is 11.6 Å². The SMILES string of the molecule is O=C(N[C@H]1CCN2C(=O)N(c3ccc(Cl)cc3)C(=O)[C@@H]2C1)c1cccs1. The van der Waals surface area contributed by atoms with Crippen LogP contribution in [0.2, 0.25) is 5.02 Å². The first-order valence-electron chi connectivity index (χ1n) is 8.29. The van der Waals surface area contributed by atoms with Gasteiger partial charge in [0, 0.05) is 17.6 Å². The monoisotopic (exact) mass is 389 g/mol. The molecule has 3 heterocycles. The summed E-state index contributed by atoms with van der Waals surface area (Å²) in [5, 5.41) is 5.37. The Bertz CT molecular complexity index is 853. The van der Waals surface area contributed by atoms with Crippen LogP contribution in [-0.2, 0) is 4.79 Å². The fraction of sp³-hybridized carbons (Fsp3) is 0.278. The molecule has 2 atom stereocenters. The fourth-order valence-electron chi connectivity index (χ4n) is 3.42. The van der Waals surface area contributed by atoms with E-state index in [0.717, 1.165) is 0 Å². The molecule has 0 unspecified atom stereocenters. The van der Waals surface area contributed by atoms with Gasteiger partial charge in [-0.1, -0.05) is 17.7 Å². The summed E-state index contributed by atoms with van der Waals surface area (Å²) in [6, 6.07) is 9.22. The summed E-state index contributed by atoms with van der Waals surface area (Å²) in [5.41, 5.74) is 0.512. The molecule has 4 amide bonds. The van der Waals surface area contributed by atoms with Crippen molar-refractivity contribution in [1.29, 1.82) is 0 Å². The molecule has 1 aromatic carbocycles. The average molecular weight is 390 g/mol. The third-order valence-electron chi connectivity index (χ3n) is 4.71. The van der Waals surface area contributed by atoms with Crippen molar-refractivity contribution in [3.63, 3.8) is 0 Å². The largest absolute Gasteiger partial charge is 0.348 e. The van der Waals surface area contributed by atoms with Gasteiger partial charge in [0.2, 0.25) is 0 Å². The van der Waals surface area contributed by atoms with Crippen molar-refractivity contribution in [2.45, 2.75) is 24.9 Å². The highest BCUT2D eigenvalue weighted by molar-refractivity contribution is 7.12. The number of hydrogen-bond donors (Lipinski definition) is 1. The lowest BCUT2D eigenvalue weighted by Crippen LogP contribution is -2.49. The lowest BCUT2D eigenvalue weighted by atomic mass is 9.98. The Kier molecular flexibility index (Phi) is 4.42. The second-order valence-electron chi connectivity index (χ2n) is 6.31. The molecule has 4 rings (SSSR count). The van der Waals surface area contributed by atoms with Crippen molar-refractivity contribution in [3.8, 4) is 0 Å². The van der Waals surface area contributed by atoms with Crippen molar-refractivity contribution in [3.05, 3.63) is 51.7 Å². The molecule has 0 saturated carbocycles. The molecule has 8 heteroatoms. The number of imide groups is 1. The Morgan fingerprint density at radius 1 is 1.19 bits per heavy atom. The molecular formula is C18H16ClN3O3S. The van der Waals surface area contributed by atoms with Crippen LogP contribution in [0.5, 0.6) is 0 Å². The number of urea groups is 1. The zero-order chi connectivity index (χ0) is 18.3. The lowest BCUT2D eigenvalue weighted by Gasteiger charge is -2.32. The molecule has 0 aliphatic carbocycles. The van der Waals surface area contributed by atoms with Crippen molar-refractivity contribution < 1.29 is 14.4 Å². The highest BCUT2D eigenvalue weighted by Gasteiger charge is 2.48. The number of carbonyl (C=O) groups is 3. The summed E-state index contributed by atoms with van der Waals surface area (Å²) >= 11 is 7.26. The molecule has 6 nitrogen and oxygen atoms in total. The van der Waals surface area contributed by atoms with Crippen molar-refractivity contribution in [1.82, 2.24) is 10.2 Å². The molecule has 2 aliphatic heterocycles. The van der Waals surface area contributed by atoms with Crippen LogP contribution < -0.4 is 10.2 Å². The maximum atomic E-state index is 12.8. The second kappa shape index (κ2) is 6.74. The first kappa shape index (κ1) is 17.1. The molecule has 2 saturated heterocycles. The maximum Gasteiger partial charge on any atom is 0.332 e. The summed E-state index contributed by atoms with van der Waals surface area (Å²) in [7, 11) is 0. The van der Waals surface area contributed by atoms with Crippen molar-refractivity contribution in [2.75, 3.05) is 11.4 Å². The molecular weight excluding hydrogens is 374 g/mol. The van der Waals surface area contributed by atoms with Gasteiger partial charge in [-0.2, -0.15) is 0 Å². The molecule has 0 radical (unpaired) electrons. The van der Waals surface area contributed by atoms with Crippen LogP contribution in [0.15, 0.2) is 41.8 Å². The van der Waals surface area contributed by atoms with Crippen LogP contribution in [0, 0.1) is 0 Å². The first-order valence-corrected chi connectivity index (χ1v) is 9.55. The average Bonchev–Trinajstić information content (AvgIpc) is 3.25. The number of anilines is 1. The predicted molar refractivity (Wildman–Crippen MR) is 99.6 cm³/mol. The van der Waals surface area contributed by atoms with Gasteiger partial charge in [-0.15, -0.1) is 11.3 Å². The number of rotatable bonds is 3.